The van der Waals surface area contributed by atoms with Gasteiger partial charge in [-0.3, -0.25) is 4.79 Å². The number of hydrogen-bond acceptors (Lipinski definition) is 2. The van der Waals surface area contributed by atoms with Crippen LogP contribution in [0.25, 0.3) is 11.1 Å². The summed E-state index contributed by atoms with van der Waals surface area (Å²) >= 11 is 0. The van der Waals surface area contributed by atoms with Crippen LogP contribution in [0.3, 0.4) is 0 Å². The lowest BCUT2D eigenvalue weighted by Gasteiger charge is -2.07. The van der Waals surface area contributed by atoms with Gasteiger partial charge in [-0.05, 0) is 36.1 Å². The summed E-state index contributed by atoms with van der Waals surface area (Å²) in [6.45, 7) is 0.0845. The molecule has 0 spiro atoms. The summed E-state index contributed by atoms with van der Waals surface area (Å²) < 4.78 is 5.48. The molecule has 3 rings (SSSR count). The second-order valence-electron chi connectivity index (χ2n) is 5.02. The zero-order valence-electron chi connectivity index (χ0n) is 11.2. The van der Waals surface area contributed by atoms with E-state index >= 15 is 0 Å². The number of carbonyl (C=O) groups excluding carboxylic acids is 1. The molecular weight excluding hydrogens is 250 g/mol. The van der Waals surface area contributed by atoms with Crippen LogP contribution in [0.4, 0.5) is 0 Å². The molecule has 3 nitrogen and oxygen atoms in total. The van der Waals surface area contributed by atoms with Crippen molar-refractivity contribution >= 4 is 5.91 Å². The van der Waals surface area contributed by atoms with E-state index in [4.69, 9.17) is 4.74 Å². The molecule has 0 aliphatic heterocycles. The molecule has 0 bridgehead atoms. The Bertz CT molecular complexity index is 574. The Balaban J connectivity index is 1.57. The highest BCUT2D eigenvalue weighted by Crippen LogP contribution is 2.22. The molecule has 0 radical (unpaired) electrons. The molecule has 0 atom stereocenters. The third kappa shape index (κ3) is 3.38. The average molecular weight is 267 g/mol. The Labute approximate surface area is 118 Å². The molecular formula is C17H17NO2. The minimum absolute atomic E-state index is 0.0420. The second kappa shape index (κ2) is 5.78. The maximum absolute atomic E-state index is 11.5. The summed E-state index contributed by atoms with van der Waals surface area (Å²) in [6, 6.07) is 18.3. The van der Waals surface area contributed by atoms with Crippen molar-refractivity contribution in [3.8, 4) is 16.9 Å². The Morgan fingerprint density at radius 1 is 1.00 bits per heavy atom. The van der Waals surface area contributed by atoms with Crippen molar-refractivity contribution < 1.29 is 9.53 Å². The van der Waals surface area contributed by atoms with E-state index in [1.807, 2.05) is 42.5 Å². The van der Waals surface area contributed by atoms with Gasteiger partial charge in [0.1, 0.15) is 5.75 Å². The highest BCUT2D eigenvalue weighted by atomic mass is 16.5. The van der Waals surface area contributed by atoms with Gasteiger partial charge in [0.05, 0.1) is 0 Å². The Hall–Kier alpha value is -2.29. The van der Waals surface area contributed by atoms with Crippen LogP contribution in [0.5, 0.6) is 5.75 Å². The van der Waals surface area contributed by atoms with Gasteiger partial charge in [-0.2, -0.15) is 0 Å². The van der Waals surface area contributed by atoms with E-state index in [1.165, 1.54) is 5.56 Å². The van der Waals surface area contributed by atoms with E-state index in [2.05, 4.69) is 17.4 Å². The molecule has 1 amide bonds. The lowest BCUT2D eigenvalue weighted by molar-refractivity contribution is -0.123. The first-order chi connectivity index (χ1) is 9.81. The number of nitrogens with one attached hydrogen (secondary N) is 1. The molecule has 1 fully saturated rings. The quantitative estimate of drug-likeness (QED) is 0.904. The lowest BCUT2D eigenvalue weighted by atomic mass is 10.1. The molecule has 102 valence electrons. The fourth-order valence-electron chi connectivity index (χ4n) is 2.02. The third-order valence-electron chi connectivity index (χ3n) is 3.27. The largest absolute Gasteiger partial charge is 0.484 e. The maximum Gasteiger partial charge on any atom is 0.258 e. The van der Waals surface area contributed by atoms with E-state index < -0.39 is 0 Å². The molecule has 0 saturated heterocycles. The van der Waals surface area contributed by atoms with E-state index in [0.29, 0.717) is 6.04 Å². The average Bonchev–Trinajstić information content (AvgIpc) is 3.31. The van der Waals surface area contributed by atoms with Gasteiger partial charge in [0.2, 0.25) is 0 Å². The van der Waals surface area contributed by atoms with Gasteiger partial charge in [-0.15, -0.1) is 0 Å². The van der Waals surface area contributed by atoms with E-state index in [-0.39, 0.29) is 12.5 Å². The first kappa shape index (κ1) is 12.7. The van der Waals surface area contributed by atoms with Crippen LogP contribution < -0.4 is 10.1 Å². The van der Waals surface area contributed by atoms with Crippen molar-refractivity contribution in [1.82, 2.24) is 5.32 Å². The third-order valence-corrected chi connectivity index (χ3v) is 3.27. The van der Waals surface area contributed by atoms with Crippen molar-refractivity contribution in [1.29, 1.82) is 0 Å². The molecule has 0 heterocycles. The zero-order chi connectivity index (χ0) is 13.8. The monoisotopic (exact) mass is 267 g/mol. The first-order valence-corrected chi connectivity index (χ1v) is 6.89. The van der Waals surface area contributed by atoms with Crippen LogP contribution in [-0.2, 0) is 4.79 Å². The molecule has 1 saturated carbocycles. The van der Waals surface area contributed by atoms with Gasteiger partial charge in [-0.25, -0.2) is 0 Å². The minimum atomic E-state index is -0.0420. The molecule has 2 aromatic rings. The van der Waals surface area contributed by atoms with Crippen molar-refractivity contribution in [2.45, 2.75) is 18.9 Å². The smallest absolute Gasteiger partial charge is 0.258 e. The number of carbonyl (C=O) groups is 1. The number of amides is 1. The first-order valence-electron chi connectivity index (χ1n) is 6.89. The molecule has 0 aromatic heterocycles. The van der Waals surface area contributed by atoms with Crippen molar-refractivity contribution in [2.75, 3.05) is 6.61 Å². The highest BCUT2D eigenvalue weighted by Gasteiger charge is 2.23. The SMILES string of the molecule is O=C(COc1ccc(-c2ccccc2)cc1)NC1CC1. The van der Waals surface area contributed by atoms with E-state index in [9.17, 15) is 4.79 Å². The Morgan fingerprint density at radius 2 is 1.65 bits per heavy atom. The second-order valence-corrected chi connectivity index (χ2v) is 5.02. The van der Waals surface area contributed by atoms with Gasteiger partial charge >= 0.3 is 0 Å². The molecule has 3 heteroatoms. The van der Waals surface area contributed by atoms with Crippen LogP contribution in [0.2, 0.25) is 0 Å². The van der Waals surface area contributed by atoms with Gasteiger partial charge in [-0.1, -0.05) is 42.5 Å². The van der Waals surface area contributed by atoms with Crippen LogP contribution >= 0.6 is 0 Å². The van der Waals surface area contributed by atoms with Crippen molar-refractivity contribution in [3.05, 3.63) is 54.6 Å². The van der Waals surface area contributed by atoms with E-state index in [1.54, 1.807) is 0 Å². The number of rotatable bonds is 5. The van der Waals surface area contributed by atoms with Gasteiger partial charge in [0.25, 0.3) is 5.91 Å². The standard InChI is InChI=1S/C17H17NO2/c19-17(18-15-8-9-15)12-20-16-10-6-14(7-11-16)13-4-2-1-3-5-13/h1-7,10-11,15H,8-9,12H2,(H,18,19). The van der Waals surface area contributed by atoms with Gasteiger partial charge in [0, 0.05) is 6.04 Å². The summed E-state index contributed by atoms with van der Waals surface area (Å²) in [5.74, 6) is 0.676. The fraction of sp³-hybridized carbons (Fsp3) is 0.235. The molecule has 20 heavy (non-hydrogen) atoms. The predicted molar refractivity (Wildman–Crippen MR) is 78.5 cm³/mol. The summed E-state index contributed by atoms with van der Waals surface area (Å²) in [7, 11) is 0. The summed E-state index contributed by atoms with van der Waals surface area (Å²) in [5, 5.41) is 2.90. The van der Waals surface area contributed by atoms with Gasteiger partial charge in [0.15, 0.2) is 6.61 Å². The molecule has 1 aliphatic rings. The maximum atomic E-state index is 11.5. The molecule has 2 aromatic carbocycles. The number of ether oxygens (including phenoxy) is 1. The zero-order valence-corrected chi connectivity index (χ0v) is 11.2. The lowest BCUT2D eigenvalue weighted by Crippen LogP contribution is -2.30. The fourth-order valence-corrected chi connectivity index (χ4v) is 2.02. The van der Waals surface area contributed by atoms with Crippen LogP contribution in [-0.4, -0.2) is 18.6 Å². The van der Waals surface area contributed by atoms with Crippen molar-refractivity contribution in [2.24, 2.45) is 0 Å². The van der Waals surface area contributed by atoms with Gasteiger partial charge < -0.3 is 10.1 Å². The molecule has 1 aliphatic carbocycles. The van der Waals surface area contributed by atoms with Crippen molar-refractivity contribution in [3.63, 3.8) is 0 Å². The number of hydrogen-bond donors (Lipinski definition) is 1. The minimum Gasteiger partial charge on any atom is -0.484 e. The summed E-state index contributed by atoms with van der Waals surface area (Å²) in [5.41, 5.74) is 2.31. The van der Waals surface area contributed by atoms with Crippen LogP contribution in [0, 0.1) is 0 Å². The van der Waals surface area contributed by atoms with E-state index in [0.717, 1.165) is 24.2 Å². The summed E-state index contributed by atoms with van der Waals surface area (Å²) in [6.07, 6.45) is 2.19. The van der Waals surface area contributed by atoms with Crippen LogP contribution in [0.15, 0.2) is 54.6 Å². The highest BCUT2D eigenvalue weighted by molar-refractivity contribution is 5.78. The Kier molecular flexibility index (Phi) is 3.68. The van der Waals surface area contributed by atoms with Crippen LogP contribution in [0.1, 0.15) is 12.8 Å². The Morgan fingerprint density at radius 3 is 2.30 bits per heavy atom. The number of benzene rings is 2. The normalized spacial score (nSPS) is 13.8. The summed E-state index contributed by atoms with van der Waals surface area (Å²) in [4.78, 5) is 11.5. The predicted octanol–water partition coefficient (Wildman–Crippen LogP) is 3.01. The molecule has 1 N–H and O–H groups in total. The molecule has 0 unspecified atom stereocenters. The topological polar surface area (TPSA) is 38.3 Å².